The van der Waals surface area contributed by atoms with E-state index in [1.165, 1.54) is 6.33 Å². The van der Waals surface area contributed by atoms with Crippen molar-refractivity contribution >= 4 is 16.9 Å². The molecule has 0 radical (unpaired) electrons. The Morgan fingerprint density at radius 2 is 2.30 bits per heavy atom. The number of hydrogen-bond donors (Lipinski definition) is 3. The SMILES string of the molecule is CCc1[nH]nc2ncnc(N[C@@H]3CCOc4ccc(O)cc43)c12. The zero-order valence-corrected chi connectivity index (χ0v) is 12.7. The second-order valence-electron chi connectivity index (χ2n) is 5.53. The maximum atomic E-state index is 9.77. The molecule has 0 amide bonds. The van der Waals surface area contributed by atoms with Crippen LogP contribution in [0.4, 0.5) is 5.82 Å². The third kappa shape index (κ3) is 2.34. The van der Waals surface area contributed by atoms with Gasteiger partial charge in [-0.2, -0.15) is 5.10 Å². The van der Waals surface area contributed by atoms with E-state index in [1.54, 1.807) is 18.2 Å². The first-order valence-electron chi connectivity index (χ1n) is 7.66. The second-order valence-corrected chi connectivity index (χ2v) is 5.53. The van der Waals surface area contributed by atoms with Crippen molar-refractivity contribution in [3.63, 3.8) is 0 Å². The Labute approximate surface area is 132 Å². The maximum Gasteiger partial charge on any atom is 0.186 e. The number of phenols is 1. The van der Waals surface area contributed by atoms with Crippen LogP contribution < -0.4 is 10.1 Å². The maximum absolute atomic E-state index is 9.77. The van der Waals surface area contributed by atoms with Gasteiger partial charge in [-0.1, -0.05) is 6.92 Å². The molecule has 3 aromatic rings. The van der Waals surface area contributed by atoms with E-state index >= 15 is 0 Å². The van der Waals surface area contributed by atoms with E-state index in [1.807, 2.05) is 0 Å². The molecule has 1 aliphatic rings. The lowest BCUT2D eigenvalue weighted by atomic mass is 10.00. The Morgan fingerprint density at radius 3 is 3.17 bits per heavy atom. The number of fused-ring (bicyclic) bond motifs is 2. The van der Waals surface area contributed by atoms with E-state index in [2.05, 4.69) is 32.4 Å². The van der Waals surface area contributed by atoms with Crippen molar-refractivity contribution in [1.29, 1.82) is 0 Å². The molecule has 1 aliphatic heterocycles. The first-order valence-corrected chi connectivity index (χ1v) is 7.66. The molecule has 1 atom stereocenters. The summed E-state index contributed by atoms with van der Waals surface area (Å²) in [5.74, 6) is 1.77. The predicted octanol–water partition coefficient (Wildman–Crippen LogP) is 2.56. The topological polar surface area (TPSA) is 96.0 Å². The normalized spacial score (nSPS) is 16.8. The summed E-state index contributed by atoms with van der Waals surface area (Å²) in [4.78, 5) is 8.60. The van der Waals surface area contributed by atoms with Crippen LogP contribution in [0.1, 0.15) is 30.6 Å². The number of aromatic amines is 1. The molecule has 118 valence electrons. The van der Waals surface area contributed by atoms with Crippen LogP contribution in [0.25, 0.3) is 11.0 Å². The van der Waals surface area contributed by atoms with E-state index in [-0.39, 0.29) is 11.8 Å². The van der Waals surface area contributed by atoms with Gasteiger partial charge in [0.2, 0.25) is 0 Å². The fraction of sp³-hybridized carbons (Fsp3) is 0.312. The number of nitrogens with zero attached hydrogens (tertiary/aromatic N) is 3. The zero-order chi connectivity index (χ0) is 15.8. The van der Waals surface area contributed by atoms with E-state index in [4.69, 9.17) is 4.74 Å². The van der Waals surface area contributed by atoms with E-state index in [9.17, 15) is 5.11 Å². The van der Waals surface area contributed by atoms with Crippen LogP contribution in [0.3, 0.4) is 0 Å². The number of nitrogens with one attached hydrogen (secondary N) is 2. The van der Waals surface area contributed by atoms with Gasteiger partial charge in [0.1, 0.15) is 23.6 Å². The summed E-state index contributed by atoms with van der Waals surface area (Å²) in [5.41, 5.74) is 2.60. The van der Waals surface area contributed by atoms with Gasteiger partial charge in [-0.15, -0.1) is 0 Å². The minimum atomic E-state index is 0.0172. The number of anilines is 1. The zero-order valence-electron chi connectivity index (χ0n) is 12.7. The number of rotatable bonds is 3. The fourth-order valence-electron chi connectivity index (χ4n) is 2.98. The van der Waals surface area contributed by atoms with Crippen LogP contribution in [0.2, 0.25) is 0 Å². The number of aromatic nitrogens is 4. The molecule has 3 heterocycles. The Morgan fingerprint density at radius 1 is 1.39 bits per heavy atom. The average molecular weight is 311 g/mol. The molecule has 2 aromatic heterocycles. The summed E-state index contributed by atoms with van der Waals surface area (Å²) >= 11 is 0. The largest absolute Gasteiger partial charge is 0.508 e. The van der Waals surface area contributed by atoms with Crippen LogP contribution in [0, 0.1) is 0 Å². The van der Waals surface area contributed by atoms with Crippen molar-refractivity contribution in [1.82, 2.24) is 20.2 Å². The molecule has 3 N–H and O–H groups in total. The lowest BCUT2D eigenvalue weighted by molar-refractivity contribution is 0.273. The van der Waals surface area contributed by atoms with E-state index in [0.717, 1.165) is 41.1 Å². The second kappa shape index (κ2) is 5.42. The van der Waals surface area contributed by atoms with Crippen molar-refractivity contribution in [2.45, 2.75) is 25.8 Å². The third-order valence-electron chi connectivity index (χ3n) is 4.12. The van der Waals surface area contributed by atoms with Crippen molar-refractivity contribution in [3.8, 4) is 11.5 Å². The Bertz CT molecular complexity index is 861. The Kier molecular flexibility index (Phi) is 3.25. The van der Waals surface area contributed by atoms with E-state index < -0.39 is 0 Å². The van der Waals surface area contributed by atoms with Crippen molar-refractivity contribution in [2.24, 2.45) is 0 Å². The van der Waals surface area contributed by atoms with Gasteiger partial charge in [0.15, 0.2) is 5.65 Å². The molecule has 0 bridgehead atoms. The molecular weight excluding hydrogens is 294 g/mol. The minimum Gasteiger partial charge on any atom is -0.508 e. The summed E-state index contributed by atoms with van der Waals surface area (Å²) in [5, 5.41) is 21.4. The first kappa shape index (κ1) is 13.8. The van der Waals surface area contributed by atoms with Crippen LogP contribution in [-0.4, -0.2) is 31.9 Å². The molecule has 7 nitrogen and oxygen atoms in total. The molecule has 7 heteroatoms. The summed E-state index contributed by atoms with van der Waals surface area (Å²) in [6.45, 7) is 2.68. The van der Waals surface area contributed by atoms with Gasteiger partial charge < -0.3 is 15.2 Å². The van der Waals surface area contributed by atoms with Crippen LogP contribution in [0.15, 0.2) is 24.5 Å². The summed E-state index contributed by atoms with van der Waals surface area (Å²) < 4.78 is 5.66. The highest BCUT2D eigenvalue weighted by Crippen LogP contribution is 2.37. The minimum absolute atomic E-state index is 0.0172. The number of aryl methyl sites for hydroxylation is 1. The number of ether oxygens (including phenoxy) is 1. The Hall–Kier alpha value is -2.83. The van der Waals surface area contributed by atoms with Crippen LogP contribution in [0.5, 0.6) is 11.5 Å². The number of hydrogen-bond acceptors (Lipinski definition) is 6. The van der Waals surface area contributed by atoms with Gasteiger partial charge in [0.25, 0.3) is 0 Å². The highest BCUT2D eigenvalue weighted by atomic mass is 16.5. The van der Waals surface area contributed by atoms with Gasteiger partial charge in [-0.3, -0.25) is 5.10 Å². The standard InChI is InChI=1S/C16H17N5O2/c1-2-11-14-15(17-8-18-16(14)21-20-11)19-12-5-6-23-13-4-3-9(22)7-10(12)13/h3-4,7-8,12,22H,2,5-6H2,1H3,(H2,17,18,19,20,21)/t12-/m1/s1. The summed E-state index contributed by atoms with van der Waals surface area (Å²) in [6, 6.07) is 5.18. The molecule has 0 saturated heterocycles. The lowest BCUT2D eigenvalue weighted by Crippen LogP contribution is -2.21. The van der Waals surface area contributed by atoms with Gasteiger partial charge in [-0.05, 0) is 24.6 Å². The third-order valence-corrected chi connectivity index (χ3v) is 4.12. The summed E-state index contributed by atoms with van der Waals surface area (Å²) in [6.07, 6.45) is 3.12. The van der Waals surface area contributed by atoms with Gasteiger partial charge in [0, 0.05) is 17.7 Å². The molecule has 1 aromatic carbocycles. The molecule has 0 fully saturated rings. The fourth-order valence-corrected chi connectivity index (χ4v) is 2.98. The molecule has 0 aliphatic carbocycles. The predicted molar refractivity (Wildman–Crippen MR) is 85.6 cm³/mol. The van der Waals surface area contributed by atoms with Crippen molar-refractivity contribution in [2.75, 3.05) is 11.9 Å². The molecule has 0 unspecified atom stereocenters. The van der Waals surface area contributed by atoms with Crippen molar-refractivity contribution < 1.29 is 9.84 Å². The van der Waals surface area contributed by atoms with Gasteiger partial charge >= 0.3 is 0 Å². The quantitative estimate of drug-likeness (QED) is 0.688. The first-order chi connectivity index (χ1) is 11.3. The highest BCUT2D eigenvalue weighted by molar-refractivity contribution is 5.89. The molecule has 23 heavy (non-hydrogen) atoms. The highest BCUT2D eigenvalue weighted by Gasteiger charge is 2.23. The van der Waals surface area contributed by atoms with Gasteiger partial charge in [-0.25, -0.2) is 9.97 Å². The lowest BCUT2D eigenvalue weighted by Gasteiger charge is -2.27. The molecule has 4 rings (SSSR count). The number of phenolic OH excluding ortho intramolecular Hbond substituents is 1. The monoisotopic (exact) mass is 311 g/mol. The smallest absolute Gasteiger partial charge is 0.186 e. The number of H-pyrrole nitrogens is 1. The van der Waals surface area contributed by atoms with Crippen molar-refractivity contribution in [3.05, 3.63) is 35.8 Å². The molecule has 0 spiro atoms. The summed E-state index contributed by atoms with van der Waals surface area (Å²) in [7, 11) is 0. The van der Waals surface area contributed by atoms with Gasteiger partial charge in [0.05, 0.1) is 18.0 Å². The molecular formula is C16H17N5O2. The number of aromatic hydroxyl groups is 1. The Balaban J connectivity index is 1.75. The van der Waals surface area contributed by atoms with Crippen LogP contribution >= 0.6 is 0 Å². The number of benzene rings is 1. The molecule has 0 saturated carbocycles. The average Bonchev–Trinajstić information content (AvgIpc) is 2.99. The van der Waals surface area contributed by atoms with E-state index in [0.29, 0.717) is 12.3 Å². The van der Waals surface area contributed by atoms with Crippen LogP contribution in [-0.2, 0) is 6.42 Å².